The number of nitrogen functional groups attached to an aromatic ring is 1. The summed E-state index contributed by atoms with van der Waals surface area (Å²) in [6.07, 6.45) is 7.79. The zero-order valence-electron chi connectivity index (χ0n) is 31.0. The fourth-order valence-electron chi connectivity index (χ4n) is 6.34. The highest BCUT2D eigenvalue weighted by Crippen LogP contribution is 2.25. The Balaban J connectivity index is 0.000000165. The first-order chi connectivity index (χ1) is 25.6. The molecular formula is C42H49ClN8O2. The Bertz CT molecular complexity index is 2170. The number of carbonyl (C=O) groups is 2. The number of nitrogens with zero attached hydrogens (tertiary/aromatic N) is 5. The van der Waals surface area contributed by atoms with Crippen LogP contribution in [0.25, 0.3) is 32.7 Å². The highest BCUT2D eigenvalue weighted by Gasteiger charge is 2.14. The number of benzene rings is 3. The molecule has 1 fully saturated rings. The predicted molar refractivity (Wildman–Crippen MR) is 220 cm³/mol. The van der Waals surface area contributed by atoms with E-state index in [1.807, 2.05) is 81.4 Å². The Kier molecular flexibility index (Phi) is 14.1. The number of unbranched alkanes of at least 4 members (excludes halogenated alkanes) is 1. The van der Waals surface area contributed by atoms with Gasteiger partial charge in [-0.3, -0.25) is 24.5 Å². The third kappa shape index (κ3) is 11.4. The number of rotatable bonds is 8. The Labute approximate surface area is 316 Å². The molecule has 53 heavy (non-hydrogen) atoms. The van der Waals surface area contributed by atoms with Crippen LogP contribution in [0.1, 0.15) is 36.0 Å². The Morgan fingerprint density at radius 1 is 0.679 bits per heavy atom. The molecule has 1 aliphatic rings. The number of aromatic nitrogens is 3. The van der Waals surface area contributed by atoms with Crippen LogP contribution in [0.4, 0.5) is 17.1 Å². The van der Waals surface area contributed by atoms with Crippen molar-refractivity contribution in [2.24, 2.45) is 0 Å². The van der Waals surface area contributed by atoms with Crippen molar-refractivity contribution < 1.29 is 9.59 Å². The zero-order chi connectivity index (χ0) is 37.7. The van der Waals surface area contributed by atoms with E-state index in [9.17, 15) is 9.59 Å². The summed E-state index contributed by atoms with van der Waals surface area (Å²) in [7, 11) is 2.17. The van der Waals surface area contributed by atoms with E-state index < -0.39 is 0 Å². The van der Waals surface area contributed by atoms with E-state index >= 15 is 0 Å². The number of anilines is 3. The van der Waals surface area contributed by atoms with Crippen molar-refractivity contribution in [3.63, 3.8) is 0 Å². The van der Waals surface area contributed by atoms with Crippen LogP contribution in [0, 0.1) is 20.8 Å². The molecule has 0 bridgehead atoms. The summed E-state index contributed by atoms with van der Waals surface area (Å²) in [6, 6.07) is 23.7. The molecule has 6 aromatic rings. The second kappa shape index (κ2) is 19.1. The third-order valence-electron chi connectivity index (χ3n) is 8.97. The molecule has 0 unspecified atom stereocenters. The number of fused-ring (bicyclic) bond motifs is 3. The van der Waals surface area contributed by atoms with Crippen LogP contribution in [-0.4, -0.2) is 82.2 Å². The van der Waals surface area contributed by atoms with E-state index in [2.05, 4.69) is 54.6 Å². The van der Waals surface area contributed by atoms with Gasteiger partial charge in [0.05, 0.1) is 33.6 Å². The molecule has 2 amide bonds. The van der Waals surface area contributed by atoms with Gasteiger partial charge in [0.1, 0.15) is 5.88 Å². The largest absolute Gasteiger partial charge is 0.397 e. The van der Waals surface area contributed by atoms with Crippen LogP contribution < -0.4 is 16.4 Å². The molecule has 276 valence electrons. The van der Waals surface area contributed by atoms with Crippen molar-refractivity contribution in [2.45, 2.75) is 40.0 Å². The van der Waals surface area contributed by atoms with E-state index in [0.717, 1.165) is 101 Å². The standard InChI is InChI=1S/C20H28N4O.C12H11ClN2O.C10H10N2/c1-16-14-17-6-5-8-21-20(17)18(15-16)22-19(25)7-3-4-9-24-12-10-23(2)11-13-24;1-8-5-9-3-2-4-14-12(9)10(6-8)15-11(16)7-13;1-7-5-8-3-2-4-12-10(8)9(11)6-7/h5-6,8,14-15H,3-4,7,9-13H2,1-2H3,(H,22,25);2-6H,7H2,1H3,(H,15,16);2-6H,11H2,1H3. The molecule has 0 saturated carbocycles. The van der Waals surface area contributed by atoms with Crippen LogP contribution in [0.3, 0.4) is 0 Å². The molecule has 0 aliphatic carbocycles. The second-order valence-corrected chi connectivity index (χ2v) is 13.8. The van der Waals surface area contributed by atoms with Gasteiger partial charge in [-0.25, -0.2) is 0 Å². The van der Waals surface area contributed by atoms with Crippen LogP contribution >= 0.6 is 11.6 Å². The van der Waals surface area contributed by atoms with Gasteiger partial charge in [0.15, 0.2) is 0 Å². The number of halogens is 1. The van der Waals surface area contributed by atoms with E-state index in [4.69, 9.17) is 17.3 Å². The average molecular weight is 733 g/mol. The first kappa shape index (κ1) is 39.1. The number of carbonyl (C=O) groups excluding carboxylic acids is 2. The van der Waals surface area contributed by atoms with Crippen molar-refractivity contribution in [3.8, 4) is 0 Å². The lowest BCUT2D eigenvalue weighted by Gasteiger charge is -2.32. The van der Waals surface area contributed by atoms with E-state index in [0.29, 0.717) is 12.1 Å². The average Bonchev–Trinajstić information content (AvgIpc) is 3.14. The maximum Gasteiger partial charge on any atom is 0.239 e. The monoisotopic (exact) mass is 732 g/mol. The molecule has 3 aromatic carbocycles. The van der Waals surface area contributed by atoms with Gasteiger partial charge < -0.3 is 26.2 Å². The summed E-state index contributed by atoms with van der Waals surface area (Å²) >= 11 is 5.46. The van der Waals surface area contributed by atoms with Gasteiger partial charge >= 0.3 is 0 Å². The Morgan fingerprint density at radius 2 is 1.15 bits per heavy atom. The summed E-state index contributed by atoms with van der Waals surface area (Å²) < 4.78 is 0. The zero-order valence-corrected chi connectivity index (χ0v) is 31.8. The van der Waals surface area contributed by atoms with Gasteiger partial charge in [0.25, 0.3) is 0 Å². The van der Waals surface area contributed by atoms with Gasteiger partial charge in [-0.2, -0.15) is 0 Å². The molecule has 1 aliphatic heterocycles. The molecule has 4 heterocycles. The van der Waals surface area contributed by atoms with Gasteiger partial charge in [-0.05, 0) is 118 Å². The number of piperazine rings is 1. The minimum absolute atomic E-state index is 0.0533. The van der Waals surface area contributed by atoms with Gasteiger partial charge in [-0.1, -0.05) is 18.2 Å². The molecule has 0 spiro atoms. The van der Waals surface area contributed by atoms with Crippen molar-refractivity contribution >= 4 is 73.2 Å². The molecule has 0 radical (unpaired) electrons. The number of pyridine rings is 3. The summed E-state index contributed by atoms with van der Waals surface area (Å²) in [5.74, 6) is -0.197. The van der Waals surface area contributed by atoms with Crippen molar-refractivity contribution in [2.75, 3.05) is 62.0 Å². The Hall–Kier alpha value is -5.16. The lowest BCUT2D eigenvalue weighted by atomic mass is 10.1. The van der Waals surface area contributed by atoms with Gasteiger partial charge in [0.2, 0.25) is 11.8 Å². The fraction of sp³-hybridized carbons (Fsp3) is 0.310. The van der Waals surface area contributed by atoms with Crippen molar-refractivity contribution in [1.29, 1.82) is 0 Å². The fourth-order valence-corrected chi connectivity index (χ4v) is 6.41. The number of alkyl halides is 1. The topological polar surface area (TPSA) is 129 Å². The number of amides is 2. The highest BCUT2D eigenvalue weighted by molar-refractivity contribution is 6.29. The minimum Gasteiger partial charge on any atom is -0.397 e. The molecular weight excluding hydrogens is 684 g/mol. The predicted octanol–water partition coefficient (Wildman–Crippen LogP) is 7.75. The molecule has 10 nitrogen and oxygen atoms in total. The highest BCUT2D eigenvalue weighted by atomic mass is 35.5. The Morgan fingerprint density at radius 3 is 1.68 bits per heavy atom. The molecule has 3 aromatic heterocycles. The van der Waals surface area contributed by atoms with Gasteiger partial charge in [0, 0.05) is 67.3 Å². The number of nitrogens with two attached hydrogens (primary N) is 1. The van der Waals surface area contributed by atoms with Crippen LogP contribution in [0.5, 0.6) is 0 Å². The molecule has 0 atom stereocenters. The van der Waals surface area contributed by atoms with E-state index in [-0.39, 0.29) is 17.7 Å². The minimum atomic E-state index is -0.223. The number of hydrogen-bond acceptors (Lipinski definition) is 8. The summed E-state index contributed by atoms with van der Waals surface area (Å²) in [6.45, 7) is 11.7. The molecule has 1 saturated heterocycles. The van der Waals surface area contributed by atoms with Crippen LogP contribution in [0.2, 0.25) is 0 Å². The third-order valence-corrected chi connectivity index (χ3v) is 9.21. The number of hydrogen-bond donors (Lipinski definition) is 3. The molecule has 11 heteroatoms. The maximum absolute atomic E-state index is 12.3. The maximum atomic E-state index is 12.3. The van der Waals surface area contributed by atoms with Crippen LogP contribution in [0.15, 0.2) is 91.4 Å². The first-order valence-electron chi connectivity index (χ1n) is 18.0. The van der Waals surface area contributed by atoms with Crippen molar-refractivity contribution in [3.05, 3.63) is 108 Å². The number of nitrogens with one attached hydrogen (secondary N) is 2. The summed E-state index contributed by atoms with van der Waals surface area (Å²) in [5, 5.41) is 8.97. The molecule has 4 N–H and O–H groups in total. The van der Waals surface area contributed by atoms with Crippen molar-refractivity contribution in [1.82, 2.24) is 24.8 Å². The van der Waals surface area contributed by atoms with E-state index in [1.54, 1.807) is 18.6 Å². The second-order valence-electron chi connectivity index (χ2n) is 13.5. The van der Waals surface area contributed by atoms with Gasteiger partial charge in [-0.15, -0.1) is 11.6 Å². The lowest BCUT2D eigenvalue weighted by Crippen LogP contribution is -2.44. The summed E-state index contributed by atoms with van der Waals surface area (Å²) in [4.78, 5) is 41.3. The number of aryl methyl sites for hydroxylation is 3. The van der Waals surface area contributed by atoms with E-state index in [1.165, 1.54) is 5.56 Å². The molecule has 7 rings (SSSR count). The lowest BCUT2D eigenvalue weighted by molar-refractivity contribution is -0.116. The first-order valence-corrected chi connectivity index (χ1v) is 18.5. The van der Waals surface area contributed by atoms with Crippen LogP contribution in [-0.2, 0) is 9.59 Å². The summed E-state index contributed by atoms with van der Waals surface area (Å²) in [5.41, 5.74) is 14.0. The number of likely N-dealkylation sites (N-methyl/N-ethyl adjacent to an activating group) is 1. The SMILES string of the molecule is Cc1cc(N)c2ncccc2c1.Cc1cc(NC(=O)CCCCN2CCN(C)CC2)c2ncccc2c1.Cc1cc(NC(=O)CCl)c2ncccc2c1. The smallest absolute Gasteiger partial charge is 0.239 e. The normalized spacial score (nSPS) is 13.2. The quantitative estimate of drug-likeness (QED) is 0.0824.